The van der Waals surface area contributed by atoms with E-state index in [-0.39, 0.29) is 12.1 Å². The molecule has 1 N–H and O–H groups in total. The second-order valence-corrected chi connectivity index (χ2v) is 5.40. The molecule has 1 aliphatic heterocycles. The first-order valence-corrected chi connectivity index (χ1v) is 6.08. The number of para-hydroxylation sites is 1. The Bertz CT molecular complexity index is 390. The van der Waals surface area contributed by atoms with Crippen LogP contribution in [0.15, 0.2) is 24.3 Å². The highest BCUT2D eigenvalue weighted by atomic mass is 16.5. The van der Waals surface area contributed by atoms with E-state index >= 15 is 0 Å². The lowest BCUT2D eigenvalue weighted by Gasteiger charge is -2.35. The molecule has 0 saturated heterocycles. The van der Waals surface area contributed by atoms with E-state index in [1.807, 2.05) is 12.1 Å². The van der Waals surface area contributed by atoms with Crippen LogP contribution >= 0.6 is 0 Å². The summed E-state index contributed by atoms with van der Waals surface area (Å²) in [6, 6.07) is 8.21. The largest absolute Gasteiger partial charge is 0.493 e. The third-order valence-corrected chi connectivity index (χ3v) is 3.71. The SMILES string of the molecule is CN(CC1COc2ccccc21)C(C)(C)CO. The van der Waals surface area contributed by atoms with Crippen molar-refractivity contribution < 1.29 is 9.84 Å². The summed E-state index contributed by atoms with van der Waals surface area (Å²) >= 11 is 0. The van der Waals surface area contributed by atoms with Gasteiger partial charge in [-0.25, -0.2) is 0 Å². The first kappa shape index (κ1) is 12.4. The van der Waals surface area contributed by atoms with E-state index in [9.17, 15) is 5.11 Å². The van der Waals surface area contributed by atoms with Crippen LogP contribution in [0.3, 0.4) is 0 Å². The predicted molar refractivity (Wildman–Crippen MR) is 68.5 cm³/mol. The molecule has 17 heavy (non-hydrogen) atoms. The van der Waals surface area contributed by atoms with Gasteiger partial charge >= 0.3 is 0 Å². The molecule has 1 heterocycles. The van der Waals surface area contributed by atoms with Crippen molar-refractivity contribution >= 4 is 0 Å². The number of benzene rings is 1. The van der Waals surface area contributed by atoms with Crippen LogP contribution in [-0.4, -0.2) is 42.4 Å². The van der Waals surface area contributed by atoms with Crippen molar-refractivity contribution in [3.8, 4) is 5.75 Å². The van der Waals surface area contributed by atoms with Gasteiger partial charge in [0.15, 0.2) is 0 Å². The highest BCUT2D eigenvalue weighted by Gasteiger charge is 2.29. The van der Waals surface area contributed by atoms with Gasteiger partial charge in [-0.2, -0.15) is 0 Å². The fraction of sp³-hybridized carbons (Fsp3) is 0.571. The standard InChI is InChI=1S/C14H21NO2/c1-14(2,10-16)15(3)8-11-9-17-13-7-5-4-6-12(11)13/h4-7,11,16H,8-10H2,1-3H3. The lowest BCUT2D eigenvalue weighted by Crippen LogP contribution is -2.46. The van der Waals surface area contributed by atoms with Crippen molar-refractivity contribution in [1.29, 1.82) is 0 Å². The Morgan fingerprint density at radius 1 is 1.41 bits per heavy atom. The van der Waals surface area contributed by atoms with Crippen molar-refractivity contribution in [3.63, 3.8) is 0 Å². The lowest BCUT2D eigenvalue weighted by molar-refractivity contribution is 0.0719. The summed E-state index contributed by atoms with van der Waals surface area (Å²) in [7, 11) is 2.05. The molecular formula is C14H21NO2. The van der Waals surface area contributed by atoms with Gasteiger partial charge in [-0.3, -0.25) is 4.90 Å². The summed E-state index contributed by atoms with van der Waals surface area (Å²) in [5, 5.41) is 9.36. The number of aliphatic hydroxyl groups is 1. The van der Waals surface area contributed by atoms with Crippen molar-refractivity contribution in [3.05, 3.63) is 29.8 Å². The molecule has 0 radical (unpaired) electrons. The molecule has 3 heteroatoms. The second kappa shape index (κ2) is 4.67. The summed E-state index contributed by atoms with van der Waals surface area (Å²) in [5.41, 5.74) is 1.10. The maximum absolute atomic E-state index is 9.36. The number of hydrogen-bond donors (Lipinski definition) is 1. The molecule has 0 aliphatic carbocycles. The molecule has 3 nitrogen and oxygen atoms in total. The molecule has 2 rings (SSSR count). The number of ether oxygens (including phenoxy) is 1. The van der Waals surface area contributed by atoms with Gasteiger partial charge in [-0.1, -0.05) is 18.2 Å². The monoisotopic (exact) mass is 235 g/mol. The molecule has 0 saturated carbocycles. The number of rotatable bonds is 4. The molecule has 1 aliphatic rings. The molecule has 0 spiro atoms. The molecule has 1 unspecified atom stereocenters. The van der Waals surface area contributed by atoms with E-state index in [0.717, 1.165) is 18.9 Å². The van der Waals surface area contributed by atoms with Crippen molar-refractivity contribution in [1.82, 2.24) is 4.90 Å². The Balaban J connectivity index is 2.07. The van der Waals surface area contributed by atoms with Crippen LogP contribution in [0.2, 0.25) is 0 Å². The second-order valence-electron chi connectivity index (χ2n) is 5.40. The third kappa shape index (κ3) is 2.45. The Morgan fingerprint density at radius 3 is 2.82 bits per heavy atom. The summed E-state index contributed by atoms with van der Waals surface area (Å²) in [6.45, 7) is 5.91. The Morgan fingerprint density at radius 2 is 2.12 bits per heavy atom. The van der Waals surface area contributed by atoms with Crippen molar-refractivity contribution in [2.75, 3.05) is 26.8 Å². The predicted octanol–water partition coefficient (Wildman–Crippen LogP) is 1.87. The Labute approximate surface area is 103 Å². The smallest absolute Gasteiger partial charge is 0.122 e. The fourth-order valence-electron chi connectivity index (χ4n) is 2.08. The normalized spacial score (nSPS) is 19.2. The number of nitrogens with zero attached hydrogens (tertiary/aromatic N) is 1. The van der Waals surface area contributed by atoms with Crippen LogP contribution in [0.4, 0.5) is 0 Å². The van der Waals surface area contributed by atoms with E-state index in [4.69, 9.17) is 4.74 Å². The Hall–Kier alpha value is -1.06. The molecule has 0 bridgehead atoms. The van der Waals surface area contributed by atoms with Crippen LogP contribution in [0.1, 0.15) is 25.3 Å². The van der Waals surface area contributed by atoms with E-state index in [0.29, 0.717) is 5.92 Å². The third-order valence-electron chi connectivity index (χ3n) is 3.71. The van der Waals surface area contributed by atoms with Gasteiger partial charge in [0, 0.05) is 23.6 Å². The van der Waals surface area contributed by atoms with E-state index in [1.54, 1.807) is 0 Å². The number of aliphatic hydroxyl groups excluding tert-OH is 1. The number of hydrogen-bond acceptors (Lipinski definition) is 3. The molecule has 0 amide bonds. The van der Waals surface area contributed by atoms with Crippen LogP contribution < -0.4 is 4.74 Å². The summed E-state index contributed by atoms with van der Waals surface area (Å²) in [5.74, 6) is 1.41. The molecule has 1 aromatic carbocycles. The summed E-state index contributed by atoms with van der Waals surface area (Å²) in [4.78, 5) is 2.20. The Kier molecular flexibility index (Phi) is 3.40. The van der Waals surface area contributed by atoms with Gasteiger partial charge in [-0.15, -0.1) is 0 Å². The lowest BCUT2D eigenvalue weighted by atomic mass is 9.97. The molecule has 94 valence electrons. The zero-order chi connectivity index (χ0) is 12.5. The maximum atomic E-state index is 9.36. The quantitative estimate of drug-likeness (QED) is 0.864. The average Bonchev–Trinajstić information content (AvgIpc) is 2.73. The first-order valence-electron chi connectivity index (χ1n) is 6.08. The van der Waals surface area contributed by atoms with Crippen LogP contribution in [0.25, 0.3) is 0 Å². The molecule has 0 fully saturated rings. The number of fused-ring (bicyclic) bond motifs is 1. The van der Waals surface area contributed by atoms with Crippen LogP contribution in [0, 0.1) is 0 Å². The summed E-state index contributed by atoms with van der Waals surface area (Å²) in [6.07, 6.45) is 0. The van der Waals surface area contributed by atoms with Gasteiger partial charge in [0.25, 0.3) is 0 Å². The highest BCUT2D eigenvalue weighted by molar-refractivity contribution is 5.39. The van der Waals surface area contributed by atoms with Crippen molar-refractivity contribution in [2.24, 2.45) is 0 Å². The summed E-state index contributed by atoms with van der Waals surface area (Å²) < 4.78 is 5.67. The van der Waals surface area contributed by atoms with Gasteiger partial charge in [0.05, 0.1) is 13.2 Å². The van der Waals surface area contributed by atoms with E-state index in [1.165, 1.54) is 5.56 Å². The van der Waals surface area contributed by atoms with Crippen LogP contribution in [0.5, 0.6) is 5.75 Å². The zero-order valence-corrected chi connectivity index (χ0v) is 10.8. The zero-order valence-electron chi connectivity index (χ0n) is 10.8. The fourth-order valence-corrected chi connectivity index (χ4v) is 2.08. The minimum atomic E-state index is -0.183. The highest BCUT2D eigenvalue weighted by Crippen LogP contribution is 2.34. The molecule has 0 aromatic heterocycles. The minimum Gasteiger partial charge on any atom is -0.493 e. The molecule has 1 atom stereocenters. The van der Waals surface area contributed by atoms with Gasteiger partial charge in [-0.05, 0) is 27.0 Å². The van der Waals surface area contributed by atoms with Gasteiger partial charge in [0.1, 0.15) is 5.75 Å². The molecular weight excluding hydrogens is 214 g/mol. The van der Waals surface area contributed by atoms with Crippen LogP contribution in [-0.2, 0) is 0 Å². The average molecular weight is 235 g/mol. The minimum absolute atomic E-state index is 0.165. The topological polar surface area (TPSA) is 32.7 Å². The first-order chi connectivity index (χ1) is 8.04. The van der Waals surface area contributed by atoms with E-state index < -0.39 is 0 Å². The van der Waals surface area contributed by atoms with E-state index in [2.05, 4.69) is 37.9 Å². The maximum Gasteiger partial charge on any atom is 0.122 e. The van der Waals surface area contributed by atoms with Crippen molar-refractivity contribution in [2.45, 2.75) is 25.3 Å². The number of likely N-dealkylation sites (N-methyl/N-ethyl adjacent to an activating group) is 1. The van der Waals surface area contributed by atoms with Gasteiger partial charge < -0.3 is 9.84 Å². The molecule has 1 aromatic rings. The van der Waals surface area contributed by atoms with Gasteiger partial charge in [0.2, 0.25) is 0 Å².